The van der Waals surface area contributed by atoms with Gasteiger partial charge in [0.1, 0.15) is 0 Å². The maximum atomic E-state index is 11.2. The Morgan fingerprint density at radius 3 is 1.41 bits per heavy atom. The van der Waals surface area contributed by atoms with Gasteiger partial charge in [-0.25, -0.2) is 4.79 Å². The minimum absolute atomic E-state index is 0. The van der Waals surface area contributed by atoms with E-state index in [1.54, 1.807) is 0 Å². The second kappa shape index (κ2) is 23.9. The molecule has 4 aliphatic rings. The third-order valence-corrected chi connectivity index (χ3v) is 12.5. The summed E-state index contributed by atoms with van der Waals surface area (Å²) >= 11 is 6.76. The molecule has 8 unspecified atom stereocenters. The van der Waals surface area contributed by atoms with Crippen molar-refractivity contribution in [3.8, 4) is 0 Å². The molecule has 4 fully saturated rings. The number of nitrogens with one attached hydrogen (secondary N) is 1. The van der Waals surface area contributed by atoms with Crippen molar-refractivity contribution in [3.63, 3.8) is 0 Å². The van der Waals surface area contributed by atoms with E-state index in [-0.39, 0.29) is 30.0 Å². The van der Waals surface area contributed by atoms with Crippen molar-refractivity contribution < 1.29 is 19.4 Å². The molecule has 6 nitrogen and oxygen atoms in total. The lowest BCUT2D eigenvalue weighted by molar-refractivity contribution is -0.143. The van der Waals surface area contributed by atoms with Crippen LogP contribution in [0, 0.1) is 34.5 Å². The van der Waals surface area contributed by atoms with Crippen LogP contribution in [0.1, 0.15) is 168 Å². The van der Waals surface area contributed by atoms with Crippen LogP contribution in [0.2, 0.25) is 0 Å². The van der Waals surface area contributed by atoms with Gasteiger partial charge in [-0.2, -0.15) is 0 Å². The van der Waals surface area contributed by atoms with E-state index in [4.69, 9.17) is 15.6 Å². The predicted octanol–water partition coefficient (Wildman–Crippen LogP) is 12.0. The van der Waals surface area contributed by atoms with Crippen molar-refractivity contribution in [3.05, 3.63) is 0 Å². The Morgan fingerprint density at radius 2 is 1.26 bits per heavy atom. The van der Waals surface area contributed by atoms with Crippen molar-refractivity contribution >= 4 is 43.9 Å². The normalized spacial score (nSPS) is 31.9. The maximum absolute atomic E-state index is 11.2. The van der Waals surface area contributed by atoms with Crippen LogP contribution in [0.3, 0.4) is 0 Å². The molecule has 0 spiro atoms. The van der Waals surface area contributed by atoms with Crippen molar-refractivity contribution in [1.82, 2.24) is 5.32 Å². The molecule has 4 N–H and O–H groups in total. The van der Waals surface area contributed by atoms with Gasteiger partial charge in [-0.05, 0) is 88.4 Å². The van der Waals surface area contributed by atoms with Gasteiger partial charge in [0.2, 0.25) is 0 Å². The second-order valence-electron chi connectivity index (χ2n) is 15.0. The van der Waals surface area contributed by atoms with Gasteiger partial charge in [-0.3, -0.25) is 4.79 Å². The van der Waals surface area contributed by atoms with Crippen LogP contribution >= 0.6 is 31.9 Å². The lowest BCUT2D eigenvalue weighted by atomic mass is 10.1. The Balaban J connectivity index is -0.000000502. The maximum Gasteiger partial charge on any atom is 0.407 e. The van der Waals surface area contributed by atoms with Gasteiger partial charge < -0.3 is 20.9 Å². The molecule has 4 aliphatic carbocycles. The summed E-state index contributed by atoms with van der Waals surface area (Å²) in [7, 11) is 0. The van der Waals surface area contributed by atoms with Crippen molar-refractivity contribution in [1.29, 1.82) is 0 Å². The van der Waals surface area contributed by atoms with Crippen LogP contribution in [0.5, 0.6) is 0 Å². The first-order valence-corrected chi connectivity index (χ1v) is 20.0. The minimum Gasteiger partial charge on any atom is -0.481 e. The van der Waals surface area contributed by atoms with Gasteiger partial charge in [0.25, 0.3) is 0 Å². The molecule has 0 heterocycles. The van der Waals surface area contributed by atoms with Crippen LogP contribution in [0.25, 0.3) is 0 Å². The Hall–Kier alpha value is -0.340. The van der Waals surface area contributed by atoms with E-state index in [0.29, 0.717) is 23.3 Å². The molecular formula is C38H78Br2N2O4. The molecule has 8 heteroatoms. The Morgan fingerprint density at radius 1 is 0.826 bits per heavy atom. The highest BCUT2D eigenvalue weighted by Gasteiger charge is 2.55. The van der Waals surface area contributed by atoms with Crippen molar-refractivity contribution in [2.75, 3.05) is 11.9 Å². The summed E-state index contributed by atoms with van der Waals surface area (Å²) in [5, 5.41) is 12.6. The van der Waals surface area contributed by atoms with E-state index >= 15 is 0 Å². The van der Waals surface area contributed by atoms with Gasteiger partial charge in [-0.15, -0.1) is 0 Å². The van der Waals surface area contributed by atoms with Crippen LogP contribution in [-0.4, -0.2) is 45.0 Å². The van der Waals surface area contributed by atoms with E-state index in [1.165, 1.54) is 38.5 Å². The second-order valence-corrected chi connectivity index (χ2v) is 16.9. The first kappa shape index (κ1) is 50.0. The first-order chi connectivity index (χ1) is 20.8. The van der Waals surface area contributed by atoms with Crippen molar-refractivity contribution in [2.24, 2.45) is 40.2 Å². The number of nitrogens with two attached hydrogens (primary N) is 1. The van der Waals surface area contributed by atoms with Crippen molar-refractivity contribution in [2.45, 2.75) is 184 Å². The largest absolute Gasteiger partial charge is 0.481 e. The number of carbonyl (C=O) groups is 2. The monoisotopic (exact) mass is 784 g/mol. The SMILES string of the molecule is C.CCC.CCC(Br)CBr.CCC1CC1(C)C.CCC1CC1(C)C(=O)O.CCC1CC1(C)N.CCCOC(=O)NC1(C)CC1CC. The zero-order valence-electron chi connectivity index (χ0n) is 31.6. The average molecular weight is 787 g/mol. The van der Waals surface area contributed by atoms with Gasteiger partial charge in [0.05, 0.1) is 12.0 Å². The number of amides is 1. The highest BCUT2D eigenvalue weighted by molar-refractivity contribution is 9.12. The highest BCUT2D eigenvalue weighted by Crippen LogP contribution is 2.54. The fourth-order valence-electron chi connectivity index (χ4n) is 5.44. The molecule has 278 valence electrons. The van der Waals surface area contributed by atoms with E-state index in [2.05, 4.69) is 106 Å². The first-order valence-electron chi connectivity index (χ1n) is 18.0. The van der Waals surface area contributed by atoms with Crippen LogP contribution < -0.4 is 11.1 Å². The Kier molecular flexibility index (Phi) is 26.0. The highest BCUT2D eigenvalue weighted by atomic mass is 79.9. The Labute approximate surface area is 303 Å². The van der Waals surface area contributed by atoms with Gasteiger partial charge >= 0.3 is 12.1 Å². The third-order valence-electron chi connectivity index (χ3n) is 9.89. The van der Waals surface area contributed by atoms with E-state index < -0.39 is 5.97 Å². The van der Waals surface area contributed by atoms with Crippen LogP contribution in [0.4, 0.5) is 4.79 Å². The number of alkyl carbamates (subject to hydrolysis) is 1. The number of hydrogen-bond acceptors (Lipinski definition) is 4. The summed E-state index contributed by atoms with van der Waals surface area (Å²) in [4.78, 5) is 22.3. The number of carbonyl (C=O) groups excluding carboxylic acids is 1. The molecule has 0 aromatic heterocycles. The molecular weight excluding hydrogens is 708 g/mol. The van der Waals surface area contributed by atoms with E-state index in [0.717, 1.165) is 54.7 Å². The number of carboxylic acid groups (broad SMARTS) is 1. The molecule has 0 bridgehead atoms. The molecule has 0 radical (unpaired) electrons. The zero-order valence-corrected chi connectivity index (χ0v) is 34.8. The van der Waals surface area contributed by atoms with E-state index in [1.807, 2.05) is 20.8 Å². The molecule has 4 saturated carbocycles. The predicted molar refractivity (Wildman–Crippen MR) is 208 cm³/mol. The summed E-state index contributed by atoms with van der Waals surface area (Å²) in [5.41, 5.74) is 6.30. The third kappa shape index (κ3) is 20.2. The lowest BCUT2D eigenvalue weighted by Crippen LogP contribution is -2.36. The number of alkyl halides is 2. The van der Waals surface area contributed by atoms with Gasteiger partial charge in [-0.1, -0.05) is 141 Å². The molecule has 0 saturated heterocycles. The molecule has 46 heavy (non-hydrogen) atoms. The number of halogens is 2. The average Bonchev–Trinajstić information content (AvgIpc) is 3.93. The number of ether oxygens (including phenoxy) is 1. The quantitative estimate of drug-likeness (QED) is 0.191. The lowest BCUT2D eigenvalue weighted by Gasteiger charge is -2.13. The van der Waals surface area contributed by atoms with Gasteiger partial charge in [0, 0.05) is 21.2 Å². The fraction of sp³-hybridized carbons (Fsp3) is 0.947. The molecule has 8 atom stereocenters. The molecule has 1 amide bonds. The number of hydrogen-bond donors (Lipinski definition) is 3. The number of rotatable bonds is 10. The molecule has 4 rings (SSSR count). The zero-order chi connectivity index (χ0) is 35.6. The fourth-order valence-corrected chi connectivity index (χ4v) is 5.90. The summed E-state index contributed by atoms with van der Waals surface area (Å²) in [6.45, 7) is 28.3. The van der Waals surface area contributed by atoms with E-state index in [9.17, 15) is 9.59 Å². The van der Waals surface area contributed by atoms with Crippen LogP contribution in [0.15, 0.2) is 0 Å². The summed E-state index contributed by atoms with van der Waals surface area (Å²) in [5.74, 6) is 2.33. The summed E-state index contributed by atoms with van der Waals surface area (Å²) < 4.78 is 4.95. The molecule has 0 aromatic rings. The summed E-state index contributed by atoms with van der Waals surface area (Å²) in [6, 6.07) is 0. The number of carboxylic acids is 1. The standard InChI is InChI=1S/C10H19NO2.C7H12O2.C7H14.C6H13N.C4H8Br2.C3H8.CH4/c1-4-6-13-9(12)11-10(3)7-8(10)5-2;1-3-5-4-7(5,2)6(8)9;1-4-6-5-7(6,2)3;1-3-5-4-6(5,2)7;1-2-4(6)3-5;1-3-2;/h8H,4-7H2,1-3H3,(H,11,12);5H,3-4H2,1-2H3,(H,8,9);6H,4-5H2,1-3H3;5H,3-4,7H2,1-2H3;4H,2-3H2,1H3;3H2,1-2H3;1H4. The number of aliphatic carboxylic acids is 1. The minimum atomic E-state index is -0.630. The Bertz CT molecular complexity index is 799. The molecule has 0 aliphatic heterocycles. The van der Waals surface area contributed by atoms with Gasteiger partial charge in [0.15, 0.2) is 0 Å². The van der Waals surface area contributed by atoms with Crippen LogP contribution in [-0.2, 0) is 9.53 Å². The summed E-state index contributed by atoms with van der Waals surface area (Å²) in [6.07, 6.45) is 12.5. The topological polar surface area (TPSA) is 102 Å². The molecule has 0 aromatic carbocycles. The smallest absolute Gasteiger partial charge is 0.407 e.